The molecule has 0 aliphatic rings. The summed E-state index contributed by atoms with van der Waals surface area (Å²) in [5.74, 6) is -0.496. The van der Waals surface area contributed by atoms with E-state index in [4.69, 9.17) is 13.8 Å². The lowest BCUT2D eigenvalue weighted by atomic mass is 10.0. The van der Waals surface area contributed by atoms with E-state index in [1.807, 2.05) is 33.3 Å². The lowest BCUT2D eigenvalue weighted by molar-refractivity contribution is -0.870. The number of hydrogen-bond acceptors (Lipinski definition) is 6. The number of amides is 1. The Morgan fingerprint density at radius 3 is 1.18 bits per heavy atom. The SMILES string of the molecule is CCCCC/C=C\C/C=C\CCCCCCCCCCCCCC(=O)OC(/C=C/CCCCCCCCCCC)C(COP(=O)(O)OCC[N+](C)(C)C)NC(=O)CCCCCCCCCCCCC/C=C/CCCCCCCC. The van der Waals surface area contributed by atoms with Crippen LogP contribution in [-0.4, -0.2) is 74.3 Å². The van der Waals surface area contributed by atoms with Crippen LogP contribution in [0.2, 0.25) is 0 Å². The van der Waals surface area contributed by atoms with Gasteiger partial charge >= 0.3 is 13.8 Å². The smallest absolute Gasteiger partial charge is 0.456 e. The average molecular weight is 1130 g/mol. The first-order chi connectivity index (χ1) is 38.4. The molecule has 3 atom stereocenters. The van der Waals surface area contributed by atoms with Gasteiger partial charge in [-0.15, -0.1) is 0 Å². The number of phosphoric acid groups is 1. The first-order valence-corrected chi connectivity index (χ1v) is 35.5. The maximum atomic E-state index is 13.6. The number of carbonyl (C=O) groups is 2. The van der Waals surface area contributed by atoms with Crippen LogP contribution in [0.25, 0.3) is 0 Å². The lowest BCUT2D eigenvalue weighted by Crippen LogP contribution is -2.47. The number of esters is 1. The number of nitrogens with one attached hydrogen (secondary N) is 1. The van der Waals surface area contributed by atoms with Gasteiger partial charge in [0, 0.05) is 12.8 Å². The highest BCUT2D eigenvalue weighted by Crippen LogP contribution is 2.43. The number of hydrogen-bond donors (Lipinski definition) is 2. The zero-order valence-electron chi connectivity index (χ0n) is 53.1. The molecule has 79 heavy (non-hydrogen) atoms. The second-order valence-electron chi connectivity index (χ2n) is 24.3. The minimum atomic E-state index is -4.45. The minimum absolute atomic E-state index is 0.0408. The number of likely N-dealkylation sites (N-methyl/N-ethyl adjacent to an activating group) is 1. The molecule has 0 fully saturated rings. The third-order valence-electron chi connectivity index (χ3n) is 15.2. The first-order valence-electron chi connectivity index (χ1n) is 34.0. The van der Waals surface area contributed by atoms with Crippen LogP contribution >= 0.6 is 7.82 Å². The number of allylic oxidation sites excluding steroid dienone is 7. The summed E-state index contributed by atoms with van der Waals surface area (Å²) in [5, 5.41) is 3.07. The standard InChI is InChI=1S/C69H131N2O7P/c1-7-10-13-16-19-22-25-27-29-31-33-35-37-39-41-43-46-49-52-55-58-61-68(72)70-66(65-77-79(74,75)76-64-63-71(4,5)6)67(60-57-54-51-48-45-24-21-18-15-12-9-3)78-69(73)62-59-56-53-50-47-44-42-40-38-36-34-32-30-28-26-23-20-17-14-11-8-2/h20,23,27-30,57,60,66-67H,7-19,21-22,24-26,31-56,58-59,61-65H2,1-6H3,(H-,70,72,74,75)/p+1/b23-20-,29-27+,30-28-,60-57+. The molecule has 0 aliphatic carbocycles. The van der Waals surface area contributed by atoms with Crippen molar-refractivity contribution in [2.45, 2.75) is 341 Å². The van der Waals surface area contributed by atoms with Gasteiger partial charge in [-0.3, -0.25) is 18.6 Å². The van der Waals surface area contributed by atoms with Crippen LogP contribution in [0.1, 0.15) is 329 Å². The van der Waals surface area contributed by atoms with Crippen LogP contribution in [0.5, 0.6) is 0 Å². The predicted molar refractivity (Wildman–Crippen MR) is 342 cm³/mol. The van der Waals surface area contributed by atoms with E-state index < -0.39 is 20.0 Å². The summed E-state index contributed by atoms with van der Waals surface area (Å²) < 4.78 is 30.8. The van der Waals surface area contributed by atoms with Crippen molar-refractivity contribution >= 4 is 19.7 Å². The molecule has 0 saturated heterocycles. The third-order valence-corrected chi connectivity index (χ3v) is 16.2. The van der Waals surface area contributed by atoms with E-state index in [1.165, 1.54) is 231 Å². The van der Waals surface area contributed by atoms with Crippen molar-refractivity contribution in [3.63, 3.8) is 0 Å². The van der Waals surface area contributed by atoms with Crippen LogP contribution in [0, 0.1) is 0 Å². The summed E-state index contributed by atoms with van der Waals surface area (Å²) in [6.07, 6.45) is 74.0. The fourth-order valence-corrected chi connectivity index (χ4v) is 10.7. The van der Waals surface area contributed by atoms with Gasteiger partial charge < -0.3 is 19.4 Å². The molecule has 0 rings (SSSR count). The summed E-state index contributed by atoms with van der Waals surface area (Å²) in [4.78, 5) is 37.8. The normalized spacial score (nSPS) is 13.9. The van der Waals surface area contributed by atoms with Crippen LogP contribution < -0.4 is 5.32 Å². The lowest BCUT2D eigenvalue weighted by Gasteiger charge is -2.27. The number of unbranched alkanes of at least 4 members (excludes halogenated alkanes) is 40. The highest BCUT2D eigenvalue weighted by atomic mass is 31.2. The van der Waals surface area contributed by atoms with Gasteiger partial charge in [0.05, 0.1) is 33.8 Å². The van der Waals surface area contributed by atoms with E-state index in [9.17, 15) is 19.0 Å². The maximum absolute atomic E-state index is 13.6. The first kappa shape index (κ1) is 77.0. The van der Waals surface area contributed by atoms with Gasteiger partial charge in [0.2, 0.25) is 5.91 Å². The third kappa shape index (κ3) is 60.4. The van der Waals surface area contributed by atoms with Crippen molar-refractivity contribution in [2.75, 3.05) is 40.9 Å². The molecule has 0 bridgehead atoms. The molecule has 0 spiro atoms. The minimum Gasteiger partial charge on any atom is -0.456 e. The van der Waals surface area contributed by atoms with Gasteiger partial charge in [-0.2, -0.15) is 0 Å². The fraction of sp³-hybridized carbons (Fsp3) is 0.855. The molecule has 1 amide bonds. The van der Waals surface area contributed by atoms with E-state index in [1.54, 1.807) is 0 Å². The predicted octanol–water partition coefficient (Wildman–Crippen LogP) is 21.2. The van der Waals surface area contributed by atoms with E-state index in [-0.39, 0.29) is 25.1 Å². The van der Waals surface area contributed by atoms with Crippen molar-refractivity contribution in [2.24, 2.45) is 0 Å². The summed E-state index contributed by atoms with van der Waals surface area (Å²) in [7, 11) is 1.50. The summed E-state index contributed by atoms with van der Waals surface area (Å²) in [6.45, 7) is 7.02. The Morgan fingerprint density at radius 1 is 0.443 bits per heavy atom. The summed E-state index contributed by atoms with van der Waals surface area (Å²) in [6, 6.07) is -0.848. The quantitative estimate of drug-likeness (QED) is 0.0205. The van der Waals surface area contributed by atoms with Gasteiger partial charge in [0.15, 0.2) is 0 Å². The largest absolute Gasteiger partial charge is 0.472 e. The molecule has 0 aromatic rings. The second kappa shape index (κ2) is 59.1. The van der Waals surface area contributed by atoms with Crippen LogP contribution in [0.15, 0.2) is 48.6 Å². The van der Waals surface area contributed by atoms with Gasteiger partial charge in [0.1, 0.15) is 19.3 Å². The van der Waals surface area contributed by atoms with Gasteiger partial charge in [-0.05, 0) is 89.5 Å². The Kier molecular flexibility index (Phi) is 57.6. The number of carbonyl (C=O) groups excluding carboxylic acids is 2. The van der Waals surface area contributed by atoms with Crippen molar-refractivity contribution < 1.29 is 37.3 Å². The van der Waals surface area contributed by atoms with Crippen molar-refractivity contribution in [1.82, 2.24) is 5.32 Å². The van der Waals surface area contributed by atoms with Gasteiger partial charge in [-0.1, -0.05) is 275 Å². The molecule has 0 radical (unpaired) electrons. The zero-order valence-corrected chi connectivity index (χ0v) is 54.0. The van der Waals surface area contributed by atoms with Crippen LogP contribution in [0.4, 0.5) is 0 Å². The van der Waals surface area contributed by atoms with Crippen molar-refractivity contribution in [3.05, 3.63) is 48.6 Å². The Morgan fingerprint density at radius 2 is 0.772 bits per heavy atom. The molecule has 0 aliphatic heterocycles. The number of phosphoric ester groups is 1. The topological polar surface area (TPSA) is 111 Å². The highest BCUT2D eigenvalue weighted by molar-refractivity contribution is 7.47. The van der Waals surface area contributed by atoms with Gasteiger partial charge in [0.25, 0.3) is 0 Å². The average Bonchev–Trinajstić information content (AvgIpc) is 3.41. The fourth-order valence-electron chi connectivity index (χ4n) is 9.97. The van der Waals surface area contributed by atoms with E-state index >= 15 is 0 Å². The Labute approximate surface area is 490 Å². The zero-order chi connectivity index (χ0) is 57.9. The molecular weight excluding hydrogens is 1000 g/mol. The van der Waals surface area contributed by atoms with Gasteiger partial charge in [-0.25, -0.2) is 4.57 Å². The number of rotatable bonds is 62. The van der Waals surface area contributed by atoms with Crippen molar-refractivity contribution in [3.8, 4) is 0 Å². The molecule has 10 heteroatoms. The monoisotopic (exact) mass is 1130 g/mol. The molecule has 0 aromatic heterocycles. The molecular formula is C69H132N2O7P+. The number of nitrogens with zero attached hydrogens (tertiary/aromatic N) is 1. The van der Waals surface area contributed by atoms with Crippen LogP contribution in [-0.2, 0) is 27.9 Å². The summed E-state index contributed by atoms with van der Waals surface area (Å²) >= 11 is 0. The molecule has 2 N–H and O–H groups in total. The molecule has 0 heterocycles. The molecule has 3 unspecified atom stereocenters. The van der Waals surface area contributed by atoms with Crippen LogP contribution in [0.3, 0.4) is 0 Å². The van der Waals surface area contributed by atoms with Crippen molar-refractivity contribution in [1.29, 1.82) is 0 Å². The highest BCUT2D eigenvalue weighted by Gasteiger charge is 2.30. The molecule has 9 nitrogen and oxygen atoms in total. The number of quaternary nitrogens is 1. The number of ether oxygens (including phenoxy) is 1. The second-order valence-corrected chi connectivity index (χ2v) is 25.8. The van der Waals surface area contributed by atoms with E-state index in [0.717, 1.165) is 64.2 Å². The molecule has 464 valence electrons. The Hall–Kier alpha value is -2.03. The molecule has 0 aromatic carbocycles. The maximum Gasteiger partial charge on any atom is 0.472 e. The molecule has 0 saturated carbocycles. The Balaban J connectivity index is 5.08. The van der Waals surface area contributed by atoms with E-state index in [2.05, 4.69) is 62.5 Å². The Bertz CT molecular complexity index is 1490. The van der Waals surface area contributed by atoms with E-state index in [0.29, 0.717) is 23.9 Å². The summed E-state index contributed by atoms with van der Waals surface area (Å²) in [5.41, 5.74) is 0.